The highest BCUT2D eigenvalue weighted by Gasteiger charge is 2.52. The topological polar surface area (TPSA) is 252 Å². The molecule has 0 radical (unpaired) electrons. The molecular weight excluding hydrogens is 917 g/mol. The smallest absolute Gasteiger partial charge is 0.414 e. The van der Waals surface area contributed by atoms with E-state index in [9.17, 15) is 43.2 Å². The number of ketones is 3. The lowest BCUT2D eigenvalue weighted by Gasteiger charge is -2.28. The number of thiazole rings is 2. The Balaban J connectivity index is 0.885. The third kappa shape index (κ3) is 13.9. The van der Waals surface area contributed by atoms with Gasteiger partial charge in [-0.05, 0) is 113 Å². The second kappa shape index (κ2) is 20.8. The Labute approximate surface area is 403 Å². The second-order valence-corrected chi connectivity index (χ2v) is 21.8. The van der Waals surface area contributed by atoms with Crippen LogP contribution in [0.1, 0.15) is 146 Å². The van der Waals surface area contributed by atoms with E-state index in [0.717, 1.165) is 5.69 Å². The van der Waals surface area contributed by atoms with Gasteiger partial charge in [0.1, 0.15) is 21.9 Å². The van der Waals surface area contributed by atoms with Crippen LogP contribution in [0.5, 0.6) is 0 Å². The normalized spacial score (nSPS) is 20.4. The molecule has 19 nitrogen and oxygen atoms in total. The van der Waals surface area contributed by atoms with Gasteiger partial charge >= 0.3 is 12.2 Å². The summed E-state index contributed by atoms with van der Waals surface area (Å²) in [5.74, 6) is -3.50. The van der Waals surface area contributed by atoms with E-state index >= 15 is 0 Å². The van der Waals surface area contributed by atoms with Crippen LogP contribution in [-0.4, -0.2) is 114 Å². The molecule has 0 bridgehead atoms. The Morgan fingerprint density at radius 3 is 1.62 bits per heavy atom. The van der Waals surface area contributed by atoms with Gasteiger partial charge in [-0.25, -0.2) is 19.6 Å². The van der Waals surface area contributed by atoms with Crippen molar-refractivity contribution in [1.29, 1.82) is 0 Å². The molecule has 4 fully saturated rings. The van der Waals surface area contributed by atoms with Crippen molar-refractivity contribution in [2.24, 2.45) is 0 Å². The second-order valence-electron chi connectivity index (χ2n) is 19.9. The van der Waals surface area contributed by atoms with Crippen molar-refractivity contribution in [3.8, 4) is 0 Å². The fourth-order valence-electron chi connectivity index (χ4n) is 7.85. The van der Waals surface area contributed by atoms with Crippen molar-refractivity contribution < 1.29 is 52.6 Å². The van der Waals surface area contributed by atoms with Crippen molar-refractivity contribution in [3.63, 3.8) is 0 Å². The van der Waals surface area contributed by atoms with Gasteiger partial charge in [-0.2, -0.15) is 0 Å². The van der Waals surface area contributed by atoms with Crippen LogP contribution >= 0.6 is 22.7 Å². The van der Waals surface area contributed by atoms with E-state index < -0.39 is 88.3 Å². The van der Waals surface area contributed by atoms with Gasteiger partial charge in [0.25, 0.3) is 0 Å². The Morgan fingerprint density at radius 2 is 1.15 bits per heavy atom. The minimum atomic E-state index is -1.18. The van der Waals surface area contributed by atoms with E-state index in [2.05, 4.69) is 31.2 Å². The zero-order valence-electron chi connectivity index (χ0n) is 40.0. The quantitative estimate of drug-likeness (QED) is 0.0861. The van der Waals surface area contributed by atoms with E-state index in [-0.39, 0.29) is 30.9 Å². The molecule has 2 aliphatic heterocycles. The predicted octanol–water partition coefficient (Wildman–Crippen LogP) is 5.12. The maximum atomic E-state index is 13.2. The van der Waals surface area contributed by atoms with Crippen LogP contribution in [0.2, 0.25) is 0 Å². The molecule has 4 heterocycles. The molecule has 21 heteroatoms. The maximum absolute atomic E-state index is 13.2. The molecule has 2 aromatic rings. The number of carbonyl (C=O) groups is 9. The Hall–Kier alpha value is -5.83. The highest BCUT2D eigenvalue weighted by molar-refractivity contribution is 7.10. The van der Waals surface area contributed by atoms with Gasteiger partial charge in [-0.15, -0.1) is 22.7 Å². The van der Waals surface area contributed by atoms with E-state index in [1.54, 1.807) is 46.9 Å². The lowest BCUT2D eigenvalue weighted by atomic mass is 10.1. The molecule has 6 rings (SSSR count). The van der Waals surface area contributed by atoms with Crippen LogP contribution in [-0.2, 0) is 57.6 Å². The average molecular weight is 979 g/mol. The lowest BCUT2D eigenvalue weighted by Crippen LogP contribution is -2.45. The van der Waals surface area contributed by atoms with Gasteiger partial charge < -0.3 is 30.7 Å². The monoisotopic (exact) mass is 978 g/mol. The molecule has 6 amide bonds. The van der Waals surface area contributed by atoms with Crippen LogP contribution in [0.4, 0.5) is 9.59 Å². The molecule has 0 aromatic carbocycles. The first-order valence-corrected chi connectivity index (χ1v) is 24.7. The molecule has 1 unspecified atom stereocenters. The maximum Gasteiger partial charge on any atom is 0.414 e. The standard InChI is InChI=1S/C47H62N8O11S2/c1-27-9-12-30(54(27)42(63)65-44(3,4)5)19-38(61)52-46(15-16-46)34(57)21-36(59)48-23-33(56)32-26-68-40(51-32)14-11-29-25-67-41(50-29)24-49-37(60)22-35(58)47(17-18-47)53-39(62)20-31-13-10-28(2)55(31)43(64)66-45(6,7)8/h19-20,25-28H,9-18,21-24H2,1-8H3,(H,48,59)(H,49,60)(H,52,61)(H,53,62)/b30-19+,31-20+/t27?,28-/m0/s1. The zero-order chi connectivity index (χ0) is 49.8. The fourth-order valence-corrected chi connectivity index (χ4v) is 9.43. The van der Waals surface area contributed by atoms with Crippen LogP contribution in [0, 0.1) is 0 Å². The summed E-state index contributed by atoms with van der Waals surface area (Å²) in [6.45, 7) is 14.1. The number of likely N-dealkylation sites (tertiary alicyclic amines) is 2. The summed E-state index contributed by atoms with van der Waals surface area (Å²) in [4.78, 5) is 128. The number of aryl methyl sites for hydroxylation is 2. The van der Waals surface area contributed by atoms with Crippen molar-refractivity contribution in [2.45, 2.75) is 173 Å². The highest BCUT2D eigenvalue weighted by atomic mass is 32.1. The Kier molecular flexibility index (Phi) is 15.8. The number of allylic oxidation sites excluding steroid dienone is 2. The lowest BCUT2D eigenvalue weighted by molar-refractivity contribution is -0.132. The third-order valence-corrected chi connectivity index (χ3v) is 13.6. The first kappa shape index (κ1) is 51.6. The molecule has 4 aliphatic rings. The summed E-state index contributed by atoms with van der Waals surface area (Å²) in [7, 11) is 0. The summed E-state index contributed by atoms with van der Waals surface area (Å²) in [6.07, 6.45) is 5.49. The van der Waals surface area contributed by atoms with Crippen LogP contribution in [0.15, 0.2) is 34.3 Å². The molecule has 2 saturated heterocycles. The number of amides is 6. The van der Waals surface area contributed by atoms with E-state index in [1.165, 1.54) is 44.6 Å². The van der Waals surface area contributed by atoms with E-state index in [4.69, 9.17) is 9.47 Å². The Bertz CT molecular complexity index is 2400. The van der Waals surface area contributed by atoms with Crippen molar-refractivity contribution >= 4 is 75.8 Å². The Morgan fingerprint density at radius 1 is 0.676 bits per heavy atom. The molecule has 2 aromatic heterocycles. The number of hydrogen-bond donors (Lipinski definition) is 4. The molecule has 68 heavy (non-hydrogen) atoms. The average Bonchev–Trinajstić information content (AvgIpc) is 3.91. The number of nitrogens with zero attached hydrogens (tertiary/aromatic N) is 4. The van der Waals surface area contributed by atoms with E-state index in [0.29, 0.717) is 85.6 Å². The molecule has 0 spiro atoms. The van der Waals surface area contributed by atoms with Gasteiger partial charge in [0.05, 0.1) is 47.7 Å². The summed E-state index contributed by atoms with van der Waals surface area (Å²) in [6, 6.07) is -0.303. The van der Waals surface area contributed by atoms with E-state index in [1.807, 2.05) is 19.2 Å². The minimum Gasteiger partial charge on any atom is -0.443 e. The number of carbonyl (C=O) groups excluding carboxylic acids is 9. The third-order valence-electron chi connectivity index (χ3n) is 11.8. The number of rotatable bonds is 18. The van der Waals surface area contributed by atoms with Crippen molar-refractivity contribution in [1.82, 2.24) is 41.0 Å². The van der Waals surface area contributed by atoms with Gasteiger partial charge in [0.15, 0.2) is 11.6 Å². The summed E-state index contributed by atoms with van der Waals surface area (Å²) in [5.41, 5.74) is -1.78. The number of hydrogen-bond acceptors (Lipinski definition) is 15. The van der Waals surface area contributed by atoms with Crippen LogP contribution in [0.25, 0.3) is 0 Å². The fraction of sp³-hybridized carbons (Fsp3) is 0.596. The first-order valence-electron chi connectivity index (χ1n) is 22.9. The van der Waals surface area contributed by atoms with Crippen LogP contribution in [0.3, 0.4) is 0 Å². The number of nitrogens with one attached hydrogen (secondary N) is 4. The summed E-state index contributed by atoms with van der Waals surface area (Å²) >= 11 is 2.63. The van der Waals surface area contributed by atoms with Gasteiger partial charge in [-0.1, -0.05) is 0 Å². The molecule has 2 atom stereocenters. The number of Topliss-reactive ketones (excluding diaryl/α,β-unsaturated/α-hetero) is 3. The van der Waals surface area contributed by atoms with Crippen LogP contribution < -0.4 is 21.3 Å². The van der Waals surface area contributed by atoms with Crippen molar-refractivity contribution in [2.75, 3.05) is 6.54 Å². The molecule has 2 aliphatic carbocycles. The highest BCUT2D eigenvalue weighted by Crippen LogP contribution is 2.39. The van der Waals surface area contributed by atoms with Gasteiger partial charge in [0.2, 0.25) is 29.4 Å². The van der Waals surface area contributed by atoms with Gasteiger partial charge in [-0.3, -0.25) is 43.4 Å². The molecular formula is C47H62N8O11S2. The summed E-state index contributed by atoms with van der Waals surface area (Å²) in [5, 5.41) is 15.5. The SMILES string of the molecule is CC1CC/C(=C\C(=O)NC2(C(=O)CC(=O)NCC(=O)c3csc(CCc4csc(CNC(=O)CC(=O)C5(NC(=O)/C=C6\CC[C@H](C)N6C(=O)OC(C)(C)C)CC5)n4)n3)CC2)N1C(=O)OC(C)(C)C. The number of aromatic nitrogens is 2. The minimum absolute atomic E-state index is 0.109. The first-order chi connectivity index (χ1) is 31.8. The molecule has 4 N–H and O–H groups in total. The zero-order valence-corrected chi connectivity index (χ0v) is 41.6. The molecule has 368 valence electrons. The summed E-state index contributed by atoms with van der Waals surface area (Å²) < 4.78 is 11.0. The molecule has 2 saturated carbocycles. The number of ether oxygens (including phenoxy) is 2. The van der Waals surface area contributed by atoms with Crippen molar-refractivity contribution in [3.05, 3.63) is 55.7 Å². The largest absolute Gasteiger partial charge is 0.443 e. The van der Waals surface area contributed by atoms with Gasteiger partial charge in [0, 0.05) is 52.8 Å². The predicted molar refractivity (Wildman–Crippen MR) is 250 cm³/mol.